The predicted molar refractivity (Wildman–Crippen MR) is 146 cm³/mol. The van der Waals surface area contributed by atoms with Gasteiger partial charge in [0.05, 0.1) is 6.04 Å². The molecule has 0 radical (unpaired) electrons. The molecule has 3 aromatic carbocycles. The normalized spacial score (nSPS) is 18.7. The predicted octanol–water partition coefficient (Wildman–Crippen LogP) is 6.10. The highest BCUT2D eigenvalue weighted by Crippen LogP contribution is 2.31. The quantitative estimate of drug-likeness (QED) is 0.365. The summed E-state index contributed by atoms with van der Waals surface area (Å²) in [6, 6.07) is 30.5. The van der Waals surface area contributed by atoms with Crippen molar-refractivity contribution in [3.63, 3.8) is 0 Å². The fourth-order valence-electron chi connectivity index (χ4n) is 6.13. The lowest BCUT2D eigenvalue weighted by molar-refractivity contribution is -0.127. The van der Waals surface area contributed by atoms with E-state index in [0.29, 0.717) is 0 Å². The number of benzene rings is 3. The molecule has 2 heterocycles. The zero-order valence-electron chi connectivity index (χ0n) is 20.9. The Morgan fingerprint density at radius 1 is 0.833 bits per heavy atom. The van der Waals surface area contributed by atoms with E-state index >= 15 is 0 Å². The molecular weight excluding hydrogens is 442 g/mol. The Morgan fingerprint density at radius 2 is 1.58 bits per heavy atom. The van der Waals surface area contributed by atoms with Crippen LogP contribution < -0.4 is 5.32 Å². The minimum atomic E-state index is 0.116. The van der Waals surface area contributed by atoms with E-state index in [9.17, 15) is 4.79 Å². The van der Waals surface area contributed by atoms with Crippen molar-refractivity contribution in [2.75, 3.05) is 13.1 Å². The molecule has 1 fully saturated rings. The highest BCUT2D eigenvalue weighted by molar-refractivity contribution is 5.81. The van der Waals surface area contributed by atoms with Gasteiger partial charge in [-0.15, -0.1) is 0 Å². The second kappa shape index (κ2) is 10.3. The Morgan fingerprint density at radius 3 is 2.44 bits per heavy atom. The number of fused-ring (bicyclic) bond motifs is 2. The van der Waals surface area contributed by atoms with Crippen molar-refractivity contribution in [1.29, 1.82) is 0 Å². The Labute approximate surface area is 213 Å². The molecule has 1 N–H and O–H groups in total. The first-order valence-electron chi connectivity index (χ1n) is 13.5. The second-order valence-corrected chi connectivity index (χ2v) is 10.5. The van der Waals surface area contributed by atoms with Gasteiger partial charge in [-0.2, -0.15) is 0 Å². The van der Waals surface area contributed by atoms with Crippen molar-refractivity contribution in [3.8, 4) is 0 Å². The van der Waals surface area contributed by atoms with E-state index in [1.54, 1.807) is 0 Å². The molecule has 1 unspecified atom stereocenters. The number of likely N-dealkylation sites (tertiary alicyclic amines) is 1. The summed E-state index contributed by atoms with van der Waals surface area (Å²) in [5.41, 5.74) is 6.68. The average molecular weight is 478 g/mol. The summed E-state index contributed by atoms with van der Waals surface area (Å²) in [6.45, 7) is 3.73. The summed E-state index contributed by atoms with van der Waals surface area (Å²) in [6.07, 6.45) is 5.19. The molecule has 1 aliphatic carbocycles. The van der Waals surface area contributed by atoms with Crippen molar-refractivity contribution in [2.45, 2.75) is 51.2 Å². The van der Waals surface area contributed by atoms with Gasteiger partial charge in [-0.25, -0.2) is 0 Å². The maximum Gasteiger partial charge on any atom is 0.223 e. The molecule has 0 saturated carbocycles. The number of amides is 1. The number of hydrogen-bond donors (Lipinski definition) is 1. The molecule has 1 amide bonds. The summed E-state index contributed by atoms with van der Waals surface area (Å²) in [7, 11) is 0. The minimum Gasteiger partial charge on any atom is -0.349 e. The topological polar surface area (TPSA) is 37.3 Å². The third-order valence-electron chi connectivity index (χ3n) is 8.11. The van der Waals surface area contributed by atoms with E-state index in [1.165, 1.54) is 33.3 Å². The lowest BCUT2D eigenvalue weighted by Crippen LogP contribution is -2.42. The summed E-state index contributed by atoms with van der Waals surface area (Å²) >= 11 is 0. The number of aromatic nitrogens is 1. The van der Waals surface area contributed by atoms with Crippen LogP contribution in [-0.2, 0) is 24.3 Å². The fourth-order valence-corrected chi connectivity index (χ4v) is 6.13. The number of carbonyl (C=O) groups is 1. The molecule has 184 valence electrons. The van der Waals surface area contributed by atoms with Crippen LogP contribution in [0.2, 0.25) is 0 Å². The first-order valence-corrected chi connectivity index (χ1v) is 13.5. The van der Waals surface area contributed by atoms with Crippen molar-refractivity contribution in [2.24, 2.45) is 5.92 Å². The van der Waals surface area contributed by atoms with Crippen LogP contribution in [0.5, 0.6) is 0 Å². The van der Waals surface area contributed by atoms with Crippen molar-refractivity contribution in [1.82, 2.24) is 14.8 Å². The first-order chi connectivity index (χ1) is 17.7. The third kappa shape index (κ3) is 4.83. The van der Waals surface area contributed by atoms with Gasteiger partial charge in [-0.05, 0) is 79.4 Å². The zero-order valence-corrected chi connectivity index (χ0v) is 20.9. The standard InChI is InChI=1S/C32H35N3O/c36-32(33-30-15-8-13-25-11-4-6-14-29(25)30)26-17-19-34(20-18-26)23-28-21-27-12-5-7-16-31(27)35(28)22-24-9-2-1-3-10-24/h1-7,9-12,14,16,21,26,30H,8,13,15,17-20,22-23H2,(H,33,36). The van der Waals surface area contributed by atoms with E-state index in [0.717, 1.165) is 58.3 Å². The maximum absolute atomic E-state index is 13.2. The molecule has 2 aliphatic rings. The molecule has 6 rings (SSSR count). The molecule has 1 aliphatic heterocycles. The van der Waals surface area contributed by atoms with Crippen LogP contribution in [0.15, 0.2) is 84.9 Å². The molecule has 4 nitrogen and oxygen atoms in total. The molecule has 1 aromatic heterocycles. The zero-order chi connectivity index (χ0) is 24.3. The highest BCUT2D eigenvalue weighted by Gasteiger charge is 2.29. The van der Waals surface area contributed by atoms with Crippen LogP contribution >= 0.6 is 0 Å². The van der Waals surface area contributed by atoms with Gasteiger partial charge in [-0.1, -0.05) is 72.8 Å². The Bertz CT molecular complexity index is 1330. The Kier molecular flexibility index (Phi) is 6.61. The van der Waals surface area contributed by atoms with Crippen molar-refractivity contribution < 1.29 is 4.79 Å². The summed E-state index contributed by atoms with van der Waals surface area (Å²) < 4.78 is 2.46. The van der Waals surface area contributed by atoms with E-state index in [2.05, 4.69) is 99.7 Å². The number of carbonyl (C=O) groups excluding carboxylic acids is 1. The smallest absolute Gasteiger partial charge is 0.223 e. The molecule has 0 spiro atoms. The monoisotopic (exact) mass is 477 g/mol. The van der Waals surface area contributed by atoms with Crippen LogP contribution in [0.1, 0.15) is 54.1 Å². The van der Waals surface area contributed by atoms with E-state index in [-0.39, 0.29) is 17.9 Å². The lowest BCUT2D eigenvalue weighted by Gasteiger charge is -2.33. The van der Waals surface area contributed by atoms with Crippen molar-refractivity contribution >= 4 is 16.8 Å². The van der Waals surface area contributed by atoms with Crippen LogP contribution in [0.4, 0.5) is 0 Å². The minimum absolute atomic E-state index is 0.116. The number of nitrogens with one attached hydrogen (secondary N) is 1. The van der Waals surface area contributed by atoms with E-state index < -0.39 is 0 Å². The highest BCUT2D eigenvalue weighted by atomic mass is 16.1. The molecular formula is C32H35N3O. The van der Waals surface area contributed by atoms with Gasteiger partial charge in [0.1, 0.15) is 0 Å². The summed E-state index contributed by atoms with van der Waals surface area (Å²) in [5, 5.41) is 4.70. The van der Waals surface area contributed by atoms with Gasteiger partial charge in [0.25, 0.3) is 0 Å². The van der Waals surface area contributed by atoms with E-state index in [4.69, 9.17) is 0 Å². The van der Waals surface area contributed by atoms with Crippen molar-refractivity contribution in [3.05, 3.63) is 107 Å². The molecule has 0 bridgehead atoms. The number of aryl methyl sites for hydroxylation is 1. The largest absolute Gasteiger partial charge is 0.349 e. The number of nitrogens with zero attached hydrogens (tertiary/aromatic N) is 2. The van der Waals surface area contributed by atoms with Crippen LogP contribution in [0.25, 0.3) is 10.9 Å². The summed E-state index contributed by atoms with van der Waals surface area (Å²) in [5.74, 6) is 0.361. The maximum atomic E-state index is 13.2. The van der Waals surface area contributed by atoms with Gasteiger partial charge in [0, 0.05) is 30.2 Å². The third-order valence-corrected chi connectivity index (χ3v) is 8.11. The van der Waals surface area contributed by atoms with E-state index in [1.807, 2.05) is 0 Å². The first kappa shape index (κ1) is 23.1. The van der Waals surface area contributed by atoms with Gasteiger partial charge >= 0.3 is 0 Å². The van der Waals surface area contributed by atoms with Crippen LogP contribution in [0.3, 0.4) is 0 Å². The number of hydrogen-bond acceptors (Lipinski definition) is 2. The average Bonchev–Trinajstić information content (AvgIpc) is 3.26. The SMILES string of the molecule is O=C(NC1CCCc2ccccc21)C1CCN(Cc2cc3ccccc3n2Cc2ccccc2)CC1. The number of para-hydroxylation sites is 1. The Balaban J connectivity index is 1.11. The fraction of sp³-hybridized carbons (Fsp3) is 0.344. The van der Waals surface area contributed by atoms with Gasteiger partial charge < -0.3 is 9.88 Å². The molecule has 1 saturated heterocycles. The lowest BCUT2D eigenvalue weighted by atomic mass is 9.87. The molecule has 1 atom stereocenters. The van der Waals surface area contributed by atoms with Gasteiger partial charge in [-0.3, -0.25) is 9.69 Å². The van der Waals surface area contributed by atoms with Gasteiger partial charge in [0.15, 0.2) is 0 Å². The van der Waals surface area contributed by atoms with Crippen LogP contribution in [-0.4, -0.2) is 28.5 Å². The summed E-state index contributed by atoms with van der Waals surface area (Å²) in [4.78, 5) is 15.7. The Hall–Kier alpha value is -3.37. The second-order valence-electron chi connectivity index (χ2n) is 10.5. The molecule has 36 heavy (non-hydrogen) atoms. The molecule has 4 aromatic rings. The van der Waals surface area contributed by atoms with Gasteiger partial charge in [0.2, 0.25) is 5.91 Å². The number of rotatable bonds is 6. The van der Waals surface area contributed by atoms with Crippen LogP contribution in [0, 0.1) is 5.92 Å². The molecule has 4 heteroatoms. The number of piperidine rings is 1.